The number of benzene rings is 4. The molecule has 4 unspecified atom stereocenters. The molecule has 4 nitrogen and oxygen atoms in total. The minimum atomic E-state index is -2.41. The molecule has 482 valence electrons. The molecule has 4 aromatic carbocycles. The van der Waals surface area contributed by atoms with E-state index in [0.29, 0.717) is 11.1 Å². The van der Waals surface area contributed by atoms with E-state index in [1.807, 2.05) is 0 Å². The van der Waals surface area contributed by atoms with Gasteiger partial charge in [0.25, 0.3) is 0 Å². The van der Waals surface area contributed by atoms with Gasteiger partial charge in [-0.1, -0.05) is 326 Å². The lowest BCUT2D eigenvalue weighted by Gasteiger charge is -2.45. The first-order valence-electron chi connectivity index (χ1n) is 37.5. The molecule has 8 aromatic rings. The van der Waals surface area contributed by atoms with Gasteiger partial charge in [-0.15, -0.1) is 0 Å². The number of rotatable bonds is 36. The Balaban J connectivity index is 1.04. The summed E-state index contributed by atoms with van der Waals surface area (Å²) in [6.07, 6.45) is 44.6. The fourth-order valence-corrected chi connectivity index (χ4v) is 32.3. The lowest BCUT2D eigenvalue weighted by molar-refractivity contribution is 0.533. The highest BCUT2D eigenvalue weighted by Gasteiger charge is 2.55. The Morgan fingerprint density at radius 2 is 0.714 bits per heavy atom. The van der Waals surface area contributed by atoms with E-state index in [1.54, 1.807) is 20.7 Å². The van der Waals surface area contributed by atoms with E-state index in [-0.39, 0.29) is 0 Å². The van der Waals surface area contributed by atoms with Gasteiger partial charge in [0.05, 0.1) is 0 Å². The van der Waals surface area contributed by atoms with Gasteiger partial charge >= 0.3 is 0 Å². The molecule has 3 aliphatic rings. The third kappa shape index (κ3) is 14.2. The number of unbranched alkanes of at least 4 members (excludes halogenated alkanes) is 17. The molecule has 4 aromatic heterocycles. The van der Waals surface area contributed by atoms with Crippen molar-refractivity contribution < 1.29 is 0 Å². The van der Waals surface area contributed by atoms with Gasteiger partial charge in [-0.2, -0.15) is 0 Å². The molecule has 6 heteroatoms. The van der Waals surface area contributed by atoms with Crippen LogP contribution in [0.4, 0.5) is 0 Å². The Morgan fingerprint density at radius 3 is 1.22 bits per heavy atom. The quantitative estimate of drug-likeness (QED) is 0.0223. The second-order valence-electron chi connectivity index (χ2n) is 28.4. The van der Waals surface area contributed by atoms with Crippen LogP contribution in [-0.4, -0.2) is 36.1 Å². The van der Waals surface area contributed by atoms with Crippen molar-refractivity contribution in [1.82, 2.24) is 19.9 Å². The van der Waals surface area contributed by atoms with Crippen LogP contribution in [0.2, 0.25) is 22.7 Å². The van der Waals surface area contributed by atoms with Gasteiger partial charge in [-0.25, -0.2) is 0 Å². The van der Waals surface area contributed by atoms with Crippen LogP contribution in [0.3, 0.4) is 0 Å². The maximum Gasteiger partial charge on any atom is 0.125 e. The first-order valence-corrected chi connectivity index (χ1v) is 42.0. The Hall–Kier alpha value is -6.09. The topological polar surface area (TPSA) is 63.2 Å². The molecular formula is C85H114N4Si2. The molecule has 11 rings (SSSR count). The highest BCUT2D eigenvalue weighted by Crippen LogP contribution is 2.50. The largest absolute Gasteiger partial charge is 0.355 e. The van der Waals surface area contributed by atoms with Gasteiger partial charge in [0.15, 0.2) is 0 Å². The normalized spacial score (nSPS) is 17.3. The van der Waals surface area contributed by atoms with Gasteiger partial charge in [0.1, 0.15) is 16.1 Å². The Kier molecular flexibility index (Phi) is 23.5. The van der Waals surface area contributed by atoms with Gasteiger partial charge in [-0.05, 0) is 137 Å². The van der Waals surface area contributed by atoms with Gasteiger partial charge < -0.3 is 19.9 Å². The minimum Gasteiger partial charge on any atom is -0.355 e. The van der Waals surface area contributed by atoms with Crippen molar-refractivity contribution in [3.8, 4) is 22.3 Å². The van der Waals surface area contributed by atoms with Crippen molar-refractivity contribution in [2.75, 3.05) is 0 Å². The summed E-state index contributed by atoms with van der Waals surface area (Å²) in [5, 5.41) is 11.4. The molecule has 0 amide bonds. The maximum atomic E-state index is 4.05. The zero-order chi connectivity index (χ0) is 63.0. The lowest BCUT2D eigenvalue weighted by Crippen LogP contribution is -2.62. The molecule has 0 saturated carbocycles. The summed E-state index contributed by atoms with van der Waals surface area (Å²) in [5.74, 6) is 0. The second-order valence-corrected chi connectivity index (χ2v) is 37.2. The van der Waals surface area contributed by atoms with E-state index in [2.05, 4.69) is 214 Å². The highest BCUT2D eigenvalue weighted by molar-refractivity contribution is 7.07. The van der Waals surface area contributed by atoms with E-state index in [9.17, 15) is 0 Å². The number of fused-ring (bicyclic) bond motifs is 14. The van der Waals surface area contributed by atoms with Gasteiger partial charge in [0.2, 0.25) is 0 Å². The average Bonchev–Trinajstić information content (AvgIpc) is 1.57. The molecule has 4 atom stereocenters. The SMILES string of the molecule is CCCCCCCC[Si]1(C(CCC)CCCCCCC)c2ccccc2-c2ccc(C3=c4ccc([nH]4)=Cc4ccc([nH]4)C(c4ccc5c(c4)[Si](C(CCC)CCCCCCC)(C(CCC)CCCCCCC)c4ccccc4-5)=c4ccc([nH]4)=Cc4ccc3[nH]4)cc21. The summed E-state index contributed by atoms with van der Waals surface area (Å²) in [6, 6.07) is 55.1. The Morgan fingerprint density at radius 1 is 0.308 bits per heavy atom. The van der Waals surface area contributed by atoms with Crippen molar-refractivity contribution >= 4 is 60.2 Å². The molecule has 8 bridgehead atoms. The van der Waals surface area contributed by atoms with E-state index >= 15 is 0 Å². The number of aromatic nitrogens is 4. The fourth-order valence-electron chi connectivity index (χ4n) is 18.0. The molecule has 91 heavy (non-hydrogen) atoms. The van der Waals surface area contributed by atoms with Crippen LogP contribution in [0.5, 0.6) is 0 Å². The molecule has 4 N–H and O–H groups in total. The van der Waals surface area contributed by atoms with E-state index in [1.165, 1.54) is 243 Å². The average molecular weight is 1250 g/mol. The third-order valence-corrected chi connectivity index (χ3v) is 34.5. The van der Waals surface area contributed by atoms with Crippen molar-refractivity contribution in [3.63, 3.8) is 0 Å². The van der Waals surface area contributed by atoms with Crippen LogP contribution >= 0.6 is 0 Å². The minimum absolute atomic E-state index is 0.705. The molecule has 0 aliphatic carbocycles. The summed E-state index contributed by atoms with van der Waals surface area (Å²) in [4.78, 5) is 16.2. The van der Waals surface area contributed by atoms with Crippen LogP contribution in [0.25, 0.3) is 45.6 Å². The zero-order valence-electron chi connectivity index (χ0n) is 57.5. The summed E-state index contributed by atoms with van der Waals surface area (Å²) >= 11 is 0. The number of hydrogen-bond acceptors (Lipinski definition) is 0. The van der Waals surface area contributed by atoms with E-state index in [4.69, 9.17) is 0 Å². The fraction of sp³-hybridized carbons (Fsp3) is 0.482. The maximum absolute atomic E-state index is 4.05. The monoisotopic (exact) mass is 1250 g/mol. The molecule has 0 saturated heterocycles. The van der Waals surface area contributed by atoms with Crippen LogP contribution in [0.15, 0.2) is 133 Å². The van der Waals surface area contributed by atoms with Crippen molar-refractivity contribution in [3.05, 3.63) is 189 Å². The predicted octanol–water partition coefficient (Wildman–Crippen LogP) is 19.5. The van der Waals surface area contributed by atoms with Gasteiger partial charge in [-0.3, -0.25) is 0 Å². The lowest BCUT2D eigenvalue weighted by atomic mass is 9.98. The molecule has 0 spiro atoms. The van der Waals surface area contributed by atoms with Crippen LogP contribution in [-0.2, 0) is 0 Å². The molecule has 7 heterocycles. The first-order chi connectivity index (χ1) is 44.8. The number of H-pyrrole nitrogens is 4. The molecule has 3 aliphatic heterocycles. The van der Waals surface area contributed by atoms with E-state index in [0.717, 1.165) is 49.7 Å². The highest BCUT2D eigenvalue weighted by atomic mass is 28.3. The van der Waals surface area contributed by atoms with Crippen molar-refractivity contribution in [1.29, 1.82) is 0 Å². The Bertz CT molecular complexity index is 3860. The number of hydrogen-bond donors (Lipinski definition) is 4. The second kappa shape index (κ2) is 32.2. The van der Waals surface area contributed by atoms with Crippen LogP contribution in [0, 0.1) is 0 Å². The van der Waals surface area contributed by atoms with Crippen LogP contribution in [0.1, 0.15) is 275 Å². The Labute approximate surface area is 551 Å². The third-order valence-electron chi connectivity index (χ3n) is 22.2. The first kappa shape index (κ1) is 66.4. The number of nitrogens with one attached hydrogen (secondary N) is 4. The standard InChI is InChI=1S/C85H114N4Si2/c1-8-15-19-23-27-35-58-90(69(36-12-5)39-28-24-20-16-9-2)80-44-33-31-42-72(80)74-52-46-63(59-82(74)90)84-76-54-48-65(86-76)61-67-50-56-78(88-67)85(79-57-51-68(89-79)62-66-49-55-77(84)87-66)64-47-53-75-73-43-32-34-45-81(73)91(83(75)60-64,70(37-13-6)40-29-25-21-17-10-3)71(38-14-7)41-30-26-22-18-11-4/h31-34,42-57,59-62,69-71,86-89H,8-30,35-41,58H2,1-7H3. The van der Waals surface area contributed by atoms with Crippen molar-refractivity contribution in [2.45, 2.75) is 264 Å². The zero-order valence-corrected chi connectivity index (χ0v) is 59.5. The predicted molar refractivity (Wildman–Crippen MR) is 400 cm³/mol. The molecular weight excluding hydrogens is 1130 g/mol. The van der Waals surface area contributed by atoms with Crippen molar-refractivity contribution in [2.24, 2.45) is 0 Å². The summed E-state index contributed by atoms with van der Waals surface area (Å²) in [7, 11) is -4.67. The summed E-state index contributed by atoms with van der Waals surface area (Å²) in [5.41, 5.74) is 17.8. The van der Waals surface area contributed by atoms with Gasteiger partial charge in [0, 0.05) is 55.3 Å². The summed E-state index contributed by atoms with van der Waals surface area (Å²) < 4.78 is 0. The molecule has 0 fully saturated rings. The summed E-state index contributed by atoms with van der Waals surface area (Å²) in [6.45, 7) is 16.8. The van der Waals surface area contributed by atoms with Crippen LogP contribution < -0.4 is 42.1 Å². The van der Waals surface area contributed by atoms with E-state index < -0.39 is 16.1 Å². The molecule has 0 radical (unpaired) electrons. The number of aromatic amines is 4. The smallest absolute Gasteiger partial charge is 0.125 e.